The first-order valence-corrected chi connectivity index (χ1v) is 10.7. The van der Waals surface area contributed by atoms with E-state index < -0.39 is 0 Å². The SMILES string of the molecule is CCC(NC(=O)c1cc(-c2cnn(C)c2)nc2ccccc12)c1c(C)nn(CC)c1C. The molecule has 1 atom stereocenters. The maximum absolute atomic E-state index is 13.5. The van der Waals surface area contributed by atoms with Crippen molar-refractivity contribution in [3.63, 3.8) is 0 Å². The van der Waals surface area contributed by atoms with Gasteiger partial charge in [0, 0.05) is 42.0 Å². The largest absolute Gasteiger partial charge is 0.345 e. The van der Waals surface area contributed by atoms with E-state index in [2.05, 4.69) is 36.3 Å². The summed E-state index contributed by atoms with van der Waals surface area (Å²) in [4.78, 5) is 18.3. The van der Waals surface area contributed by atoms with Gasteiger partial charge in [-0.05, 0) is 39.3 Å². The molecule has 4 aromatic rings. The minimum absolute atomic E-state index is 0.110. The molecule has 0 aliphatic heterocycles. The van der Waals surface area contributed by atoms with E-state index in [1.807, 2.05) is 55.2 Å². The van der Waals surface area contributed by atoms with Crippen LogP contribution < -0.4 is 5.32 Å². The van der Waals surface area contributed by atoms with E-state index in [1.165, 1.54) is 0 Å². The van der Waals surface area contributed by atoms with Gasteiger partial charge >= 0.3 is 0 Å². The summed E-state index contributed by atoms with van der Waals surface area (Å²) in [6, 6.07) is 9.49. The van der Waals surface area contributed by atoms with Gasteiger partial charge in [-0.3, -0.25) is 14.2 Å². The molecule has 1 aromatic carbocycles. The fraction of sp³-hybridized carbons (Fsp3) is 0.333. The zero-order valence-corrected chi connectivity index (χ0v) is 18.7. The molecule has 3 aromatic heterocycles. The molecule has 0 aliphatic rings. The van der Waals surface area contributed by atoms with Crippen molar-refractivity contribution in [1.29, 1.82) is 0 Å². The summed E-state index contributed by atoms with van der Waals surface area (Å²) in [6.07, 6.45) is 4.44. The Hall–Kier alpha value is -3.48. The van der Waals surface area contributed by atoms with Crippen molar-refractivity contribution >= 4 is 16.8 Å². The summed E-state index contributed by atoms with van der Waals surface area (Å²) < 4.78 is 3.72. The fourth-order valence-corrected chi connectivity index (χ4v) is 4.20. The van der Waals surface area contributed by atoms with Gasteiger partial charge in [-0.2, -0.15) is 10.2 Å². The van der Waals surface area contributed by atoms with Crippen molar-refractivity contribution in [3.05, 3.63) is 65.2 Å². The number of nitrogens with zero attached hydrogens (tertiary/aromatic N) is 5. The highest BCUT2D eigenvalue weighted by molar-refractivity contribution is 6.07. The Bertz CT molecular complexity index is 1250. The molecule has 7 nitrogen and oxygen atoms in total. The van der Waals surface area contributed by atoms with Crippen molar-refractivity contribution in [2.45, 2.75) is 46.7 Å². The highest BCUT2D eigenvalue weighted by atomic mass is 16.1. The Morgan fingerprint density at radius 3 is 2.61 bits per heavy atom. The predicted molar refractivity (Wildman–Crippen MR) is 122 cm³/mol. The molecule has 0 fully saturated rings. The molecule has 0 radical (unpaired) electrons. The molecule has 7 heteroatoms. The molecule has 0 aliphatic carbocycles. The molecule has 31 heavy (non-hydrogen) atoms. The van der Waals surface area contributed by atoms with Gasteiger partial charge in [0.1, 0.15) is 0 Å². The molecule has 1 unspecified atom stereocenters. The van der Waals surface area contributed by atoms with Gasteiger partial charge in [-0.25, -0.2) is 4.98 Å². The van der Waals surface area contributed by atoms with Crippen LogP contribution in [0.15, 0.2) is 42.7 Å². The van der Waals surface area contributed by atoms with Gasteiger partial charge < -0.3 is 5.32 Å². The van der Waals surface area contributed by atoms with E-state index in [1.54, 1.807) is 10.9 Å². The van der Waals surface area contributed by atoms with Gasteiger partial charge in [-0.15, -0.1) is 0 Å². The van der Waals surface area contributed by atoms with Crippen molar-refractivity contribution in [3.8, 4) is 11.3 Å². The number of carbonyl (C=O) groups excluding carboxylic acids is 1. The van der Waals surface area contributed by atoms with Crippen molar-refractivity contribution in [1.82, 2.24) is 29.9 Å². The number of fused-ring (bicyclic) bond motifs is 1. The summed E-state index contributed by atoms with van der Waals surface area (Å²) in [5.41, 5.74) is 6.17. The predicted octanol–water partition coefficient (Wildman–Crippen LogP) is 4.35. The van der Waals surface area contributed by atoms with Crippen LogP contribution in [0.4, 0.5) is 0 Å². The van der Waals surface area contributed by atoms with E-state index in [9.17, 15) is 4.79 Å². The summed E-state index contributed by atoms with van der Waals surface area (Å²) in [5.74, 6) is -0.112. The van der Waals surface area contributed by atoms with Crippen LogP contribution in [0.25, 0.3) is 22.2 Å². The maximum atomic E-state index is 13.5. The molecule has 0 spiro atoms. The van der Waals surface area contributed by atoms with E-state index >= 15 is 0 Å². The Morgan fingerprint density at radius 2 is 1.97 bits per heavy atom. The van der Waals surface area contributed by atoms with E-state index in [-0.39, 0.29) is 11.9 Å². The highest BCUT2D eigenvalue weighted by Gasteiger charge is 2.23. The van der Waals surface area contributed by atoms with E-state index in [0.717, 1.165) is 52.1 Å². The second-order valence-electron chi connectivity index (χ2n) is 7.81. The topological polar surface area (TPSA) is 77.6 Å². The number of nitrogens with one attached hydrogen (secondary N) is 1. The van der Waals surface area contributed by atoms with Gasteiger partial charge in [0.25, 0.3) is 5.91 Å². The minimum Gasteiger partial charge on any atom is -0.345 e. The lowest BCUT2D eigenvalue weighted by Gasteiger charge is -2.19. The second-order valence-corrected chi connectivity index (χ2v) is 7.81. The average Bonchev–Trinajstić information content (AvgIpc) is 3.33. The number of para-hydroxylation sites is 1. The van der Waals surface area contributed by atoms with Crippen LogP contribution in [0, 0.1) is 13.8 Å². The first-order valence-electron chi connectivity index (χ1n) is 10.7. The summed E-state index contributed by atoms with van der Waals surface area (Å²) in [5, 5.41) is 13.0. The lowest BCUT2D eigenvalue weighted by atomic mass is 10.0. The van der Waals surface area contributed by atoms with Crippen LogP contribution >= 0.6 is 0 Å². The van der Waals surface area contributed by atoms with Crippen LogP contribution in [0.3, 0.4) is 0 Å². The number of aromatic nitrogens is 5. The number of carbonyl (C=O) groups is 1. The zero-order valence-electron chi connectivity index (χ0n) is 18.7. The monoisotopic (exact) mass is 416 g/mol. The number of hydrogen-bond donors (Lipinski definition) is 1. The summed E-state index contributed by atoms with van der Waals surface area (Å²) >= 11 is 0. The summed E-state index contributed by atoms with van der Waals surface area (Å²) in [6.45, 7) is 9.03. The molecule has 1 N–H and O–H groups in total. The number of rotatable bonds is 6. The number of pyridine rings is 1. The van der Waals surface area contributed by atoms with E-state index in [4.69, 9.17) is 4.98 Å². The number of aryl methyl sites for hydroxylation is 3. The molecular weight excluding hydrogens is 388 g/mol. The zero-order chi connectivity index (χ0) is 22.1. The lowest BCUT2D eigenvalue weighted by molar-refractivity contribution is 0.0937. The second kappa shape index (κ2) is 8.34. The highest BCUT2D eigenvalue weighted by Crippen LogP contribution is 2.28. The van der Waals surface area contributed by atoms with Crippen molar-refractivity contribution in [2.24, 2.45) is 7.05 Å². The van der Waals surface area contributed by atoms with Gasteiger partial charge in [0.05, 0.1) is 34.7 Å². The number of hydrogen-bond acceptors (Lipinski definition) is 4. The number of benzene rings is 1. The van der Waals surface area contributed by atoms with E-state index in [0.29, 0.717) is 5.56 Å². The quantitative estimate of drug-likeness (QED) is 0.507. The molecule has 0 bridgehead atoms. The first-order chi connectivity index (χ1) is 14.9. The molecule has 3 heterocycles. The Balaban J connectivity index is 1.75. The summed E-state index contributed by atoms with van der Waals surface area (Å²) in [7, 11) is 1.87. The first kappa shape index (κ1) is 20.8. The Kier molecular flexibility index (Phi) is 5.59. The smallest absolute Gasteiger partial charge is 0.252 e. The van der Waals surface area contributed by atoms with Crippen LogP contribution in [-0.2, 0) is 13.6 Å². The molecule has 1 amide bonds. The van der Waals surface area contributed by atoms with Crippen LogP contribution in [0.2, 0.25) is 0 Å². The molecule has 0 saturated heterocycles. The third kappa shape index (κ3) is 3.83. The fourth-order valence-electron chi connectivity index (χ4n) is 4.20. The lowest BCUT2D eigenvalue weighted by Crippen LogP contribution is -2.29. The standard InChI is InChI=1S/C24H28N6O/c1-6-20(23-15(3)28-30(7-2)16(23)4)27-24(31)19-12-22(17-13-25-29(5)14-17)26-21-11-9-8-10-18(19)21/h8-14,20H,6-7H2,1-5H3,(H,27,31). The molecule has 0 saturated carbocycles. The molecule has 4 rings (SSSR count). The Labute approximate surface area is 182 Å². The van der Waals surface area contributed by atoms with Crippen LogP contribution in [0.1, 0.15) is 53.6 Å². The van der Waals surface area contributed by atoms with Crippen molar-refractivity contribution in [2.75, 3.05) is 0 Å². The third-order valence-corrected chi connectivity index (χ3v) is 5.76. The maximum Gasteiger partial charge on any atom is 0.252 e. The minimum atomic E-state index is -0.112. The normalized spacial score (nSPS) is 12.3. The Morgan fingerprint density at radius 1 is 1.19 bits per heavy atom. The van der Waals surface area contributed by atoms with Gasteiger partial charge in [0.15, 0.2) is 0 Å². The van der Waals surface area contributed by atoms with Crippen molar-refractivity contribution < 1.29 is 4.79 Å². The third-order valence-electron chi connectivity index (χ3n) is 5.76. The molecule has 160 valence electrons. The average molecular weight is 417 g/mol. The van der Waals surface area contributed by atoms with Gasteiger partial charge in [0.2, 0.25) is 0 Å². The van der Waals surface area contributed by atoms with Crippen LogP contribution in [-0.4, -0.2) is 30.5 Å². The molecular formula is C24H28N6O. The van der Waals surface area contributed by atoms with Crippen LogP contribution in [0.5, 0.6) is 0 Å². The number of amides is 1. The van der Waals surface area contributed by atoms with Gasteiger partial charge in [-0.1, -0.05) is 25.1 Å².